The molecule has 0 aliphatic heterocycles. The first-order valence-corrected chi connectivity index (χ1v) is 19.5. The fraction of sp³-hybridized carbons (Fsp3) is 0. The van der Waals surface area contributed by atoms with Gasteiger partial charge in [-0.2, -0.15) is 0 Å². The van der Waals surface area contributed by atoms with Gasteiger partial charge < -0.3 is 4.42 Å². The third kappa shape index (κ3) is 5.48. The second-order valence-electron chi connectivity index (χ2n) is 13.9. The van der Waals surface area contributed by atoms with Crippen LogP contribution in [0.4, 0.5) is 0 Å². The minimum atomic E-state index is 0.565. The van der Waals surface area contributed by atoms with E-state index >= 15 is 0 Å². The first-order valence-electron chi connectivity index (χ1n) is 18.7. The number of thiophene rings is 1. The van der Waals surface area contributed by atoms with Crippen molar-refractivity contribution in [1.29, 1.82) is 0 Å². The molecule has 0 amide bonds. The van der Waals surface area contributed by atoms with Gasteiger partial charge in [0.15, 0.2) is 17.5 Å². The van der Waals surface area contributed by atoms with E-state index in [1.54, 1.807) is 11.3 Å². The Hall–Kier alpha value is -7.21. The number of rotatable bonds is 6. The lowest BCUT2D eigenvalue weighted by Gasteiger charge is -2.10. The molecule has 3 heterocycles. The van der Waals surface area contributed by atoms with Crippen molar-refractivity contribution < 1.29 is 4.42 Å². The van der Waals surface area contributed by atoms with Gasteiger partial charge in [-0.25, -0.2) is 15.0 Å². The summed E-state index contributed by atoms with van der Waals surface area (Å²) >= 11 is 1.79. The van der Waals surface area contributed by atoms with Gasteiger partial charge in [0.05, 0.1) is 5.56 Å². The van der Waals surface area contributed by atoms with Gasteiger partial charge in [-0.05, 0) is 58.1 Å². The van der Waals surface area contributed by atoms with E-state index in [9.17, 15) is 0 Å². The van der Waals surface area contributed by atoms with Crippen LogP contribution >= 0.6 is 11.3 Å². The molecule has 0 aliphatic rings. The molecule has 0 bridgehead atoms. The van der Waals surface area contributed by atoms with Crippen molar-refractivity contribution in [2.24, 2.45) is 0 Å². The van der Waals surface area contributed by atoms with E-state index in [0.29, 0.717) is 17.5 Å². The number of para-hydroxylation sites is 2. The van der Waals surface area contributed by atoms with Crippen LogP contribution in [0.2, 0.25) is 0 Å². The average Bonchev–Trinajstić information content (AvgIpc) is 3.86. The monoisotopic (exact) mass is 733 g/mol. The summed E-state index contributed by atoms with van der Waals surface area (Å²) in [5.41, 5.74) is 11.2. The standard InChI is InChI=1S/C51H31N3OS/c1-4-14-32(15-5-1)35-20-10-21-36(30-35)37-28-29-44-43(31-37)46-41(25-13-27-45(46)56-44)50-52-49(34-18-8-3-9-19-34)53-51(54-50)42-26-12-24-40-39-23-11-22-38(47(39)55-48(40)42)33-16-6-2-7-17-33/h1-31H. The van der Waals surface area contributed by atoms with E-state index in [0.717, 1.165) is 60.7 Å². The van der Waals surface area contributed by atoms with E-state index in [1.807, 2.05) is 36.4 Å². The highest BCUT2D eigenvalue weighted by atomic mass is 32.1. The van der Waals surface area contributed by atoms with Crippen LogP contribution in [-0.4, -0.2) is 15.0 Å². The van der Waals surface area contributed by atoms with Crippen molar-refractivity contribution in [1.82, 2.24) is 15.0 Å². The van der Waals surface area contributed by atoms with Crippen LogP contribution in [0.15, 0.2) is 192 Å². The highest BCUT2D eigenvalue weighted by molar-refractivity contribution is 7.26. The molecule has 0 radical (unpaired) electrons. The Morgan fingerprint density at radius 1 is 0.321 bits per heavy atom. The van der Waals surface area contributed by atoms with Gasteiger partial charge in [-0.1, -0.05) is 158 Å². The Morgan fingerprint density at radius 3 is 1.57 bits per heavy atom. The lowest BCUT2D eigenvalue weighted by Crippen LogP contribution is -2.00. The molecule has 262 valence electrons. The zero-order chi connectivity index (χ0) is 37.0. The van der Waals surface area contributed by atoms with Crippen LogP contribution < -0.4 is 0 Å². The van der Waals surface area contributed by atoms with Crippen LogP contribution in [0, 0.1) is 0 Å². The Morgan fingerprint density at radius 2 is 0.839 bits per heavy atom. The number of benzene rings is 8. The summed E-state index contributed by atoms with van der Waals surface area (Å²) in [6.07, 6.45) is 0. The second kappa shape index (κ2) is 13.3. The lowest BCUT2D eigenvalue weighted by atomic mass is 9.97. The normalized spacial score (nSPS) is 11.6. The summed E-state index contributed by atoms with van der Waals surface area (Å²) < 4.78 is 9.22. The topological polar surface area (TPSA) is 51.8 Å². The minimum absolute atomic E-state index is 0.565. The van der Waals surface area contributed by atoms with Crippen LogP contribution in [-0.2, 0) is 0 Å². The van der Waals surface area contributed by atoms with Gasteiger partial charge in [0.1, 0.15) is 11.2 Å². The van der Waals surface area contributed by atoms with Gasteiger partial charge in [0.2, 0.25) is 0 Å². The molecule has 3 aromatic heterocycles. The molecule has 0 aliphatic carbocycles. The quantitative estimate of drug-likeness (QED) is 0.171. The summed E-state index contributed by atoms with van der Waals surface area (Å²) in [7, 11) is 0. The summed E-state index contributed by atoms with van der Waals surface area (Å²) in [5.74, 6) is 1.79. The van der Waals surface area contributed by atoms with Crippen molar-refractivity contribution in [3.8, 4) is 67.5 Å². The summed E-state index contributed by atoms with van der Waals surface area (Å²) in [6.45, 7) is 0. The predicted molar refractivity (Wildman–Crippen MR) is 233 cm³/mol. The largest absolute Gasteiger partial charge is 0.455 e. The number of aromatic nitrogens is 3. The minimum Gasteiger partial charge on any atom is -0.455 e. The molecule has 0 saturated carbocycles. The smallest absolute Gasteiger partial charge is 0.167 e. The number of hydrogen-bond donors (Lipinski definition) is 0. The fourth-order valence-corrected chi connectivity index (χ4v) is 8.99. The maximum absolute atomic E-state index is 6.82. The van der Waals surface area contributed by atoms with Crippen LogP contribution in [0.5, 0.6) is 0 Å². The SMILES string of the molecule is c1ccc(-c2cccc(-c3ccc4sc5cccc(-c6nc(-c7ccccc7)nc(-c7cccc8c7oc7c(-c9ccccc9)cccc78)n6)c5c4c3)c2)cc1. The van der Waals surface area contributed by atoms with Gasteiger partial charge in [0.25, 0.3) is 0 Å². The van der Waals surface area contributed by atoms with Crippen LogP contribution in [0.25, 0.3) is 110 Å². The number of furan rings is 1. The Balaban J connectivity index is 1.11. The second-order valence-corrected chi connectivity index (χ2v) is 15.0. The molecule has 0 spiro atoms. The van der Waals surface area contributed by atoms with Crippen molar-refractivity contribution in [3.63, 3.8) is 0 Å². The van der Waals surface area contributed by atoms with Crippen molar-refractivity contribution >= 4 is 53.4 Å². The van der Waals surface area contributed by atoms with E-state index in [-0.39, 0.29) is 0 Å². The molecule has 11 aromatic rings. The molecule has 8 aromatic carbocycles. The summed E-state index contributed by atoms with van der Waals surface area (Å²) in [6, 6.07) is 65.6. The zero-order valence-corrected chi connectivity index (χ0v) is 30.9. The molecule has 0 atom stereocenters. The van der Waals surface area contributed by atoms with Gasteiger partial charge >= 0.3 is 0 Å². The molecule has 4 nitrogen and oxygen atoms in total. The van der Waals surface area contributed by atoms with Gasteiger partial charge in [0, 0.05) is 47.6 Å². The highest BCUT2D eigenvalue weighted by Gasteiger charge is 2.21. The number of fused-ring (bicyclic) bond motifs is 6. The summed E-state index contributed by atoms with van der Waals surface area (Å²) in [5, 5.41) is 4.40. The molecular formula is C51H31N3OS. The molecule has 0 fully saturated rings. The molecular weight excluding hydrogens is 703 g/mol. The van der Waals surface area contributed by atoms with Crippen molar-refractivity contribution in [2.75, 3.05) is 0 Å². The highest BCUT2D eigenvalue weighted by Crippen LogP contribution is 2.43. The average molecular weight is 734 g/mol. The molecule has 5 heteroatoms. The van der Waals surface area contributed by atoms with Crippen LogP contribution in [0.1, 0.15) is 0 Å². The lowest BCUT2D eigenvalue weighted by molar-refractivity contribution is 0.670. The maximum Gasteiger partial charge on any atom is 0.167 e. The number of hydrogen-bond acceptors (Lipinski definition) is 5. The molecule has 11 rings (SSSR count). The third-order valence-electron chi connectivity index (χ3n) is 10.6. The van der Waals surface area contributed by atoms with Crippen molar-refractivity contribution in [2.45, 2.75) is 0 Å². The molecule has 0 unspecified atom stereocenters. The van der Waals surface area contributed by atoms with Crippen LogP contribution in [0.3, 0.4) is 0 Å². The van der Waals surface area contributed by atoms with Gasteiger partial charge in [-0.15, -0.1) is 11.3 Å². The molecule has 0 N–H and O–H groups in total. The Bertz CT molecular complexity index is 3240. The fourth-order valence-electron chi connectivity index (χ4n) is 7.88. The van der Waals surface area contributed by atoms with Gasteiger partial charge in [-0.3, -0.25) is 0 Å². The molecule has 56 heavy (non-hydrogen) atoms. The first-order chi connectivity index (χ1) is 27.7. The maximum atomic E-state index is 6.82. The first kappa shape index (κ1) is 32.2. The predicted octanol–water partition coefficient (Wildman–Crippen LogP) is 14.1. The van der Waals surface area contributed by atoms with E-state index < -0.39 is 0 Å². The summed E-state index contributed by atoms with van der Waals surface area (Å²) in [4.78, 5) is 15.6. The number of nitrogens with zero attached hydrogens (tertiary/aromatic N) is 3. The molecule has 0 saturated heterocycles. The Kier molecular flexibility index (Phi) is 7.64. The zero-order valence-electron chi connectivity index (χ0n) is 30.1. The van der Waals surface area contributed by atoms with Crippen molar-refractivity contribution in [3.05, 3.63) is 188 Å². The Labute approximate surface area is 327 Å². The third-order valence-corrected chi connectivity index (χ3v) is 11.7. The van der Waals surface area contributed by atoms with E-state index in [1.165, 1.54) is 31.5 Å². The van der Waals surface area contributed by atoms with E-state index in [2.05, 4.69) is 152 Å². The van der Waals surface area contributed by atoms with E-state index in [4.69, 9.17) is 19.4 Å².